The normalized spacial score (nSPS) is 12.5. The van der Waals surface area contributed by atoms with E-state index in [2.05, 4.69) is 26.1 Å². The van der Waals surface area contributed by atoms with Crippen LogP contribution in [-0.2, 0) is 10.2 Å². The van der Waals surface area contributed by atoms with E-state index in [1.54, 1.807) is 6.92 Å². The molecule has 1 N–H and O–H groups in total. The largest absolute Gasteiger partial charge is 0.481 e. The van der Waals surface area contributed by atoms with Gasteiger partial charge in [-0.3, -0.25) is 4.79 Å². The second-order valence-electron chi connectivity index (χ2n) is 6.36. The van der Waals surface area contributed by atoms with Crippen LogP contribution in [0.3, 0.4) is 0 Å². The van der Waals surface area contributed by atoms with Crippen molar-refractivity contribution in [2.75, 3.05) is 5.32 Å². The molecule has 2 aromatic rings. The number of anilines is 1. The van der Waals surface area contributed by atoms with Crippen molar-refractivity contribution in [2.24, 2.45) is 0 Å². The van der Waals surface area contributed by atoms with Gasteiger partial charge in [0.1, 0.15) is 5.75 Å². The molecule has 0 aliphatic carbocycles. The first kappa shape index (κ1) is 16.1. The maximum Gasteiger partial charge on any atom is 0.265 e. The zero-order valence-corrected chi connectivity index (χ0v) is 13.6. The fourth-order valence-corrected chi connectivity index (χ4v) is 2.20. The number of carbonyl (C=O) groups excluding carboxylic acids is 1. The van der Waals surface area contributed by atoms with E-state index in [9.17, 15) is 4.79 Å². The van der Waals surface area contributed by atoms with E-state index in [1.165, 1.54) is 0 Å². The number of ether oxygens (including phenoxy) is 1. The zero-order chi connectivity index (χ0) is 16.2. The molecule has 0 saturated heterocycles. The predicted molar refractivity (Wildman–Crippen MR) is 90.3 cm³/mol. The molecule has 0 aromatic heterocycles. The lowest BCUT2D eigenvalue weighted by Crippen LogP contribution is -2.31. The third kappa shape index (κ3) is 4.10. The minimum absolute atomic E-state index is 0.0355. The highest BCUT2D eigenvalue weighted by Gasteiger charge is 2.21. The number of benzene rings is 2. The van der Waals surface area contributed by atoms with Crippen LogP contribution >= 0.6 is 0 Å². The molecule has 0 aliphatic rings. The van der Waals surface area contributed by atoms with Gasteiger partial charge < -0.3 is 10.1 Å². The molecule has 3 heteroatoms. The van der Waals surface area contributed by atoms with Crippen molar-refractivity contribution < 1.29 is 9.53 Å². The summed E-state index contributed by atoms with van der Waals surface area (Å²) in [7, 11) is 0. The van der Waals surface area contributed by atoms with E-state index < -0.39 is 6.10 Å². The maximum atomic E-state index is 12.2. The highest BCUT2D eigenvalue weighted by molar-refractivity contribution is 5.94. The van der Waals surface area contributed by atoms with Crippen LogP contribution in [0.15, 0.2) is 54.6 Å². The summed E-state index contributed by atoms with van der Waals surface area (Å²) in [6.45, 7) is 8.15. The van der Waals surface area contributed by atoms with Crippen LogP contribution < -0.4 is 10.1 Å². The number of rotatable bonds is 4. The first-order chi connectivity index (χ1) is 10.4. The van der Waals surface area contributed by atoms with Gasteiger partial charge in [-0.15, -0.1) is 0 Å². The molecule has 0 radical (unpaired) electrons. The van der Waals surface area contributed by atoms with Gasteiger partial charge in [0, 0.05) is 5.69 Å². The Hall–Kier alpha value is -2.29. The van der Waals surface area contributed by atoms with Crippen molar-refractivity contribution in [1.29, 1.82) is 0 Å². The number of hydrogen-bond acceptors (Lipinski definition) is 2. The van der Waals surface area contributed by atoms with Gasteiger partial charge in [0.15, 0.2) is 6.10 Å². The van der Waals surface area contributed by atoms with Crippen molar-refractivity contribution in [2.45, 2.75) is 39.2 Å². The Bertz CT molecular complexity index is 629. The third-order valence-corrected chi connectivity index (χ3v) is 3.41. The molecule has 1 atom stereocenters. The monoisotopic (exact) mass is 297 g/mol. The van der Waals surface area contributed by atoms with Crippen molar-refractivity contribution in [3.63, 3.8) is 0 Å². The van der Waals surface area contributed by atoms with Crippen LogP contribution in [0, 0.1) is 0 Å². The van der Waals surface area contributed by atoms with Crippen molar-refractivity contribution >= 4 is 11.6 Å². The fourth-order valence-electron chi connectivity index (χ4n) is 2.20. The molecule has 3 nitrogen and oxygen atoms in total. The van der Waals surface area contributed by atoms with Gasteiger partial charge >= 0.3 is 0 Å². The third-order valence-electron chi connectivity index (χ3n) is 3.41. The van der Waals surface area contributed by atoms with Crippen LogP contribution in [0.25, 0.3) is 0 Å². The molecular weight excluding hydrogens is 274 g/mol. The fraction of sp³-hybridized carbons (Fsp3) is 0.316. The average molecular weight is 297 g/mol. The lowest BCUT2D eigenvalue weighted by atomic mass is 9.86. The lowest BCUT2D eigenvalue weighted by molar-refractivity contribution is -0.122. The summed E-state index contributed by atoms with van der Waals surface area (Å²) in [5.74, 6) is 0.598. The Morgan fingerprint density at radius 2 is 1.59 bits per heavy atom. The van der Waals surface area contributed by atoms with E-state index in [1.807, 2.05) is 54.6 Å². The first-order valence-corrected chi connectivity index (χ1v) is 7.50. The van der Waals surface area contributed by atoms with Crippen LogP contribution in [0.2, 0.25) is 0 Å². The predicted octanol–water partition coefficient (Wildman–Crippen LogP) is 4.39. The van der Waals surface area contributed by atoms with Gasteiger partial charge in [-0.1, -0.05) is 57.2 Å². The van der Waals surface area contributed by atoms with Gasteiger partial charge in [-0.2, -0.15) is 0 Å². The molecule has 0 bridgehead atoms. The Labute approximate surface area is 132 Å². The summed E-state index contributed by atoms with van der Waals surface area (Å²) in [5.41, 5.74) is 1.83. The minimum Gasteiger partial charge on any atom is -0.481 e. The summed E-state index contributed by atoms with van der Waals surface area (Å²) in [5, 5.41) is 2.86. The number of hydrogen-bond donors (Lipinski definition) is 1. The molecule has 2 aromatic carbocycles. The first-order valence-electron chi connectivity index (χ1n) is 7.50. The highest BCUT2D eigenvalue weighted by atomic mass is 16.5. The molecule has 0 spiro atoms. The second-order valence-corrected chi connectivity index (χ2v) is 6.36. The standard InChI is InChI=1S/C19H23NO2/c1-14(18(21)20-15-10-6-5-7-11-15)22-17-13-9-8-12-16(17)19(2,3)4/h5-14H,1-4H3,(H,20,21). The number of carbonyl (C=O) groups is 1. The molecule has 1 unspecified atom stereocenters. The number of amides is 1. The smallest absolute Gasteiger partial charge is 0.265 e. The summed E-state index contributed by atoms with van der Waals surface area (Å²) in [6, 6.07) is 17.3. The lowest BCUT2D eigenvalue weighted by Gasteiger charge is -2.24. The summed E-state index contributed by atoms with van der Waals surface area (Å²) in [6.07, 6.45) is -0.566. The quantitative estimate of drug-likeness (QED) is 0.909. The number of nitrogens with one attached hydrogen (secondary N) is 1. The van der Waals surface area contributed by atoms with Crippen LogP contribution in [0.4, 0.5) is 5.69 Å². The Morgan fingerprint density at radius 3 is 2.23 bits per heavy atom. The molecule has 0 heterocycles. The summed E-state index contributed by atoms with van der Waals surface area (Å²) >= 11 is 0. The van der Waals surface area contributed by atoms with Crippen LogP contribution in [-0.4, -0.2) is 12.0 Å². The Kier molecular flexibility index (Phi) is 4.86. The van der Waals surface area contributed by atoms with E-state index in [0.29, 0.717) is 0 Å². The van der Waals surface area contributed by atoms with E-state index in [-0.39, 0.29) is 11.3 Å². The van der Waals surface area contributed by atoms with Crippen molar-refractivity contribution in [3.05, 3.63) is 60.2 Å². The van der Waals surface area contributed by atoms with Gasteiger partial charge in [-0.25, -0.2) is 0 Å². The van der Waals surface area contributed by atoms with Gasteiger partial charge in [-0.05, 0) is 36.1 Å². The van der Waals surface area contributed by atoms with Gasteiger partial charge in [0.25, 0.3) is 5.91 Å². The highest BCUT2D eigenvalue weighted by Crippen LogP contribution is 2.31. The van der Waals surface area contributed by atoms with Gasteiger partial charge in [0.05, 0.1) is 0 Å². The maximum absolute atomic E-state index is 12.2. The Morgan fingerprint density at radius 1 is 1.00 bits per heavy atom. The second kappa shape index (κ2) is 6.65. The molecule has 116 valence electrons. The minimum atomic E-state index is -0.566. The average Bonchev–Trinajstić information content (AvgIpc) is 2.47. The van der Waals surface area contributed by atoms with E-state index in [0.717, 1.165) is 17.0 Å². The zero-order valence-electron chi connectivity index (χ0n) is 13.6. The molecule has 2 rings (SSSR count). The molecule has 0 saturated carbocycles. The molecular formula is C19H23NO2. The molecule has 0 aliphatic heterocycles. The topological polar surface area (TPSA) is 38.3 Å². The van der Waals surface area contributed by atoms with Gasteiger partial charge in [0.2, 0.25) is 0 Å². The van der Waals surface area contributed by atoms with Crippen molar-refractivity contribution in [3.8, 4) is 5.75 Å². The SMILES string of the molecule is CC(Oc1ccccc1C(C)(C)C)C(=O)Nc1ccccc1. The van der Waals surface area contributed by atoms with Crippen molar-refractivity contribution in [1.82, 2.24) is 0 Å². The molecule has 0 fully saturated rings. The number of para-hydroxylation sites is 2. The van der Waals surface area contributed by atoms with E-state index >= 15 is 0 Å². The van der Waals surface area contributed by atoms with E-state index in [4.69, 9.17) is 4.74 Å². The van der Waals surface area contributed by atoms with Crippen LogP contribution in [0.1, 0.15) is 33.3 Å². The summed E-state index contributed by atoms with van der Waals surface area (Å²) in [4.78, 5) is 12.2. The van der Waals surface area contributed by atoms with Crippen LogP contribution in [0.5, 0.6) is 5.75 Å². The Balaban J connectivity index is 2.09. The molecule has 1 amide bonds. The summed E-state index contributed by atoms with van der Waals surface area (Å²) < 4.78 is 5.89. The molecule has 22 heavy (non-hydrogen) atoms.